The molecule has 0 aliphatic rings. The van der Waals surface area contributed by atoms with Crippen molar-refractivity contribution in [3.05, 3.63) is 67.0 Å². The Kier molecular flexibility index (Phi) is 4.14. The van der Waals surface area contributed by atoms with Gasteiger partial charge in [-0.2, -0.15) is 5.10 Å². The number of ether oxygens (including phenoxy) is 1. The lowest BCUT2D eigenvalue weighted by Gasteiger charge is -2.09. The highest BCUT2D eigenvalue weighted by molar-refractivity contribution is 5.82. The molecule has 0 radical (unpaired) electrons. The summed E-state index contributed by atoms with van der Waals surface area (Å²) in [5.74, 6) is 2.60. The van der Waals surface area contributed by atoms with Crippen molar-refractivity contribution in [2.45, 2.75) is 0 Å². The molecule has 142 valence electrons. The number of imidazole rings is 1. The van der Waals surface area contributed by atoms with Crippen molar-refractivity contribution >= 4 is 22.5 Å². The van der Waals surface area contributed by atoms with Gasteiger partial charge in [-0.1, -0.05) is 24.3 Å². The van der Waals surface area contributed by atoms with Gasteiger partial charge in [-0.3, -0.25) is 5.10 Å². The molecule has 0 atom stereocenters. The molecular formula is C21H17N7O. The van der Waals surface area contributed by atoms with Gasteiger partial charge in [0.1, 0.15) is 11.6 Å². The molecule has 0 aliphatic heterocycles. The minimum Gasteiger partial charge on any atom is -0.496 e. The maximum absolute atomic E-state index is 5.42. The Balaban J connectivity index is 1.48. The van der Waals surface area contributed by atoms with E-state index in [1.54, 1.807) is 25.6 Å². The number of anilines is 2. The van der Waals surface area contributed by atoms with Crippen molar-refractivity contribution in [3.63, 3.8) is 0 Å². The minimum absolute atomic E-state index is 0.571. The molecule has 29 heavy (non-hydrogen) atoms. The topological polar surface area (TPSA) is 104 Å². The van der Waals surface area contributed by atoms with E-state index in [0.717, 1.165) is 28.0 Å². The quantitative estimate of drug-likeness (QED) is 0.421. The van der Waals surface area contributed by atoms with Crippen LogP contribution in [0.15, 0.2) is 67.0 Å². The van der Waals surface area contributed by atoms with E-state index in [2.05, 4.69) is 35.5 Å². The van der Waals surface area contributed by atoms with Gasteiger partial charge in [-0.05, 0) is 30.3 Å². The van der Waals surface area contributed by atoms with Crippen molar-refractivity contribution in [1.82, 2.24) is 30.1 Å². The third-order valence-corrected chi connectivity index (χ3v) is 4.52. The number of rotatable bonds is 5. The number of hydrogen-bond donors (Lipinski definition) is 3. The van der Waals surface area contributed by atoms with Gasteiger partial charge in [-0.25, -0.2) is 15.0 Å². The Bertz CT molecular complexity index is 1260. The third kappa shape index (κ3) is 3.16. The fourth-order valence-corrected chi connectivity index (χ4v) is 3.16. The molecule has 0 bridgehead atoms. The second-order valence-electron chi connectivity index (χ2n) is 6.34. The van der Waals surface area contributed by atoms with Crippen LogP contribution in [0.1, 0.15) is 0 Å². The number of hydrogen-bond acceptors (Lipinski definition) is 6. The SMILES string of the molecule is COc1ccccc1-c1nccc(Nc2c[nH]nc2-c2nc3ccccc3[nH]2)n1. The van der Waals surface area contributed by atoms with Crippen LogP contribution in [0.25, 0.3) is 33.9 Å². The molecule has 0 spiro atoms. The molecule has 0 unspecified atom stereocenters. The van der Waals surface area contributed by atoms with Crippen LogP contribution in [0.2, 0.25) is 0 Å². The van der Waals surface area contributed by atoms with Gasteiger partial charge in [-0.15, -0.1) is 0 Å². The van der Waals surface area contributed by atoms with Gasteiger partial charge in [0, 0.05) is 12.4 Å². The smallest absolute Gasteiger partial charge is 0.165 e. The molecule has 0 aliphatic carbocycles. The number of nitrogens with one attached hydrogen (secondary N) is 3. The van der Waals surface area contributed by atoms with E-state index < -0.39 is 0 Å². The second kappa shape index (κ2) is 7.08. The molecule has 3 N–H and O–H groups in total. The number of aromatic nitrogens is 6. The zero-order chi connectivity index (χ0) is 19.6. The van der Waals surface area contributed by atoms with Crippen LogP contribution in [-0.2, 0) is 0 Å². The van der Waals surface area contributed by atoms with E-state index in [1.165, 1.54) is 0 Å². The fraction of sp³-hybridized carbons (Fsp3) is 0.0476. The number of H-pyrrole nitrogens is 2. The molecule has 3 heterocycles. The minimum atomic E-state index is 0.571. The molecule has 0 saturated heterocycles. The van der Waals surface area contributed by atoms with Crippen molar-refractivity contribution < 1.29 is 4.74 Å². The molecule has 5 rings (SSSR count). The lowest BCUT2D eigenvalue weighted by molar-refractivity contribution is 0.416. The number of para-hydroxylation sites is 3. The van der Waals surface area contributed by atoms with Crippen molar-refractivity contribution in [2.75, 3.05) is 12.4 Å². The van der Waals surface area contributed by atoms with Gasteiger partial charge in [0.15, 0.2) is 17.3 Å². The van der Waals surface area contributed by atoms with Gasteiger partial charge >= 0.3 is 0 Å². The first-order valence-electron chi connectivity index (χ1n) is 9.04. The summed E-state index contributed by atoms with van der Waals surface area (Å²) < 4.78 is 5.42. The first-order chi connectivity index (χ1) is 14.3. The summed E-state index contributed by atoms with van der Waals surface area (Å²) in [7, 11) is 1.63. The van der Waals surface area contributed by atoms with Crippen molar-refractivity contribution in [2.24, 2.45) is 0 Å². The summed E-state index contributed by atoms with van der Waals surface area (Å²) in [6.45, 7) is 0. The van der Waals surface area contributed by atoms with E-state index in [-0.39, 0.29) is 0 Å². The predicted molar refractivity (Wildman–Crippen MR) is 111 cm³/mol. The normalized spacial score (nSPS) is 10.9. The second-order valence-corrected chi connectivity index (χ2v) is 6.34. The van der Waals surface area contributed by atoms with Crippen LogP contribution in [0.5, 0.6) is 5.75 Å². The summed E-state index contributed by atoms with van der Waals surface area (Å²) >= 11 is 0. The number of methoxy groups -OCH3 is 1. The molecular weight excluding hydrogens is 366 g/mol. The first-order valence-corrected chi connectivity index (χ1v) is 9.04. The Labute approximate surface area is 166 Å². The lowest BCUT2D eigenvalue weighted by atomic mass is 10.2. The zero-order valence-electron chi connectivity index (χ0n) is 15.5. The fourth-order valence-electron chi connectivity index (χ4n) is 3.16. The van der Waals surface area contributed by atoms with Crippen LogP contribution in [-0.4, -0.2) is 37.2 Å². The van der Waals surface area contributed by atoms with Gasteiger partial charge < -0.3 is 15.0 Å². The van der Waals surface area contributed by atoms with E-state index in [1.807, 2.05) is 48.5 Å². The van der Waals surface area contributed by atoms with Crippen molar-refractivity contribution in [1.29, 1.82) is 0 Å². The molecule has 3 aromatic heterocycles. The number of nitrogens with zero attached hydrogens (tertiary/aromatic N) is 4. The molecule has 8 nitrogen and oxygen atoms in total. The summed E-state index contributed by atoms with van der Waals surface area (Å²) in [5, 5.41) is 10.5. The monoisotopic (exact) mass is 383 g/mol. The Morgan fingerprint density at radius 2 is 1.83 bits per heavy atom. The van der Waals surface area contributed by atoms with E-state index >= 15 is 0 Å². The standard InChI is InChI=1S/C21H17N7O/c1-29-17-9-5-2-6-13(17)20-22-11-10-18(27-20)24-16-12-23-28-19(16)21-25-14-7-3-4-8-15(14)26-21/h2-12H,1H3,(H,23,28)(H,25,26)(H,22,24,27). The highest BCUT2D eigenvalue weighted by atomic mass is 16.5. The molecule has 2 aromatic carbocycles. The third-order valence-electron chi connectivity index (χ3n) is 4.52. The predicted octanol–water partition coefficient (Wildman–Crippen LogP) is 4.16. The largest absolute Gasteiger partial charge is 0.496 e. The summed E-state index contributed by atoms with van der Waals surface area (Å²) in [5.41, 5.74) is 4.10. The van der Waals surface area contributed by atoms with Crippen molar-refractivity contribution in [3.8, 4) is 28.7 Å². The molecule has 5 aromatic rings. The van der Waals surface area contributed by atoms with Gasteiger partial charge in [0.25, 0.3) is 0 Å². The highest BCUT2D eigenvalue weighted by Crippen LogP contribution is 2.30. The Hall–Kier alpha value is -4.20. The number of benzene rings is 2. The van der Waals surface area contributed by atoms with Gasteiger partial charge in [0.05, 0.1) is 29.4 Å². The van der Waals surface area contributed by atoms with E-state index in [9.17, 15) is 0 Å². The first kappa shape index (κ1) is 16.9. The molecule has 0 saturated carbocycles. The Morgan fingerprint density at radius 3 is 2.72 bits per heavy atom. The molecule has 8 heteroatoms. The highest BCUT2D eigenvalue weighted by Gasteiger charge is 2.14. The lowest BCUT2D eigenvalue weighted by Crippen LogP contribution is -1.98. The van der Waals surface area contributed by atoms with Crippen LogP contribution < -0.4 is 10.1 Å². The number of aromatic amines is 2. The average molecular weight is 383 g/mol. The van der Waals surface area contributed by atoms with Crippen LogP contribution in [0.4, 0.5) is 11.5 Å². The zero-order valence-corrected chi connectivity index (χ0v) is 15.5. The van der Waals surface area contributed by atoms with Gasteiger partial charge in [0.2, 0.25) is 0 Å². The summed E-state index contributed by atoms with van der Waals surface area (Å²) in [6, 6.07) is 17.3. The molecule has 0 amide bonds. The Morgan fingerprint density at radius 1 is 0.966 bits per heavy atom. The summed E-state index contributed by atoms with van der Waals surface area (Å²) in [4.78, 5) is 16.9. The van der Waals surface area contributed by atoms with Crippen LogP contribution in [0.3, 0.4) is 0 Å². The maximum Gasteiger partial charge on any atom is 0.165 e. The van der Waals surface area contributed by atoms with E-state index in [4.69, 9.17) is 4.74 Å². The average Bonchev–Trinajstić information content (AvgIpc) is 3.40. The maximum atomic E-state index is 5.42. The molecule has 0 fully saturated rings. The van der Waals surface area contributed by atoms with Crippen LogP contribution in [0, 0.1) is 0 Å². The number of fused-ring (bicyclic) bond motifs is 1. The van der Waals surface area contributed by atoms with Crippen LogP contribution >= 0.6 is 0 Å². The van der Waals surface area contributed by atoms with E-state index in [0.29, 0.717) is 23.2 Å². The summed E-state index contributed by atoms with van der Waals surface area (Å²) in [6.07, 6.45) is 3.48.